The number of allylic oxidation sites excluding steroid dienone is 6. The van der Waals surface area contributed by atoms with Gasteiger partial charge in [-0.2, -0.15) is 0 Å². The molecule has 0 radical (unpaired) electrons. The standard InChI is InChI=1S/2C42H68O8/c1-11-25(4)35(47)49-23-39(8)29-17-20-40(9)30(38(29,7)19-18-31(39)43)16-14-15-27-28-21-37(5,6)33(45)34(46)42(28,32(44)22-41(27,40)10)24-50-36(48)26(12-2)13-3;1-10-12-13-17-33(45)49-25-42-28(22-37(4,5)34(46)35(42)47)27-15-14-16-30-38(6)20-19-31(43)39(7,24-50-36(48)26(3)11-2)29(38)18-21-40(30,8)41(27,9)23-32(42)44/h11,14-15,26-34,43-46H,12-13,16-24H2,1-10H3;11,14-15,27-32,34-35,43-44,46-47H,10,12-13,16-25H2,1-9H3/b25-11+;26-11+/t27?,28?,29?,30?,31-,32+,33-,34-,38-,39+,40+,41+,42-;27?,28?,29?,30?,31-,32+,34-,35-,38-,39+,40+,41+,42-/m00/s1. The molecule has 10 aliphatic rings. The van der Waals surface area contributed by atoms with Gasteiger partial charge in [0.15, 0.2) is 0 Å². The fourth-order valence-electron chi connectivity index (χ4n) is 25.2. The Balaban J connectivity index is 0.000000233. The highest BCUT2D eigenvalue weighted by Crippen LogP contribution is 2.78. The van der Waals surface area contributed by atoms with Crippen molar-refractivity contribution in [2.24, 2.45) is 118 Å². The number of aliphatic hydroxyl groups is 8. The van der Waals surface area contributed by atoms with Crippen molar-refractivity contribution in [3.8, 4) is 0 Å². The maximum Gasteiger partial charge on any atom is 0.333 e. The van der Waals surface area contributed by atoms with Crippen molar-refractivity contribution in [3.63, 3.8) is 0 Å². The van der Waals surface area contributed by atoms with Gasteiger partial charge in [0.05, 0.1) is 78.8 Å². The smallest absolute Gasteiger partial charge is 0.333 e. The number of hydrogen-bond acceptors (Lipinski definition) is 16. The summed E-state index contributed by atoms with van der Waals surface area (Å²) in [4.78, 5) is 51.7. The van der Waals surface area contributed by atoms with E-state index >= 15 is 0 Å². The third kappa shape index (κ3) is 12.7. The normalized spacial score (nSPS) is 46.8. The first kappa shape index (κ1) is 80.6. The van der Waals surface area contributed by atoms with Crippen LogP contribution in [-0.4, -0.2) is 140 Å². The van der Waals surface area contributed by atoms with Crippen LogP contribution in [0.5, 0.6) is 0 Å². The Hall–Kier alpha value is -3.48. The van der Waals surface area contributed by atoms with Gasteiger partial charge in [0, 0.05) is 28.4 Å². The van der Waals surface area contributed by atoms with Gasteiger partial charge in [0.2, 0.25) is 0 Å². The SMILES string of the molecule is C/C=C(\C)C(=O)OC[C@]1(C)C2CC[C@]3(C)C(CC=CC4C5CC(C)(C)[C@@H](O)[C@H](O)[C@]5(COC(=O)C(CC)CC)[C@H](O)C[C@]43C)[C@@]2(C)CC[C@@H]1O.C/C=C(\C)C(=O)OC[C@]1(C)C2CC[C@]3(C)C(CC=CC4C5CC(C)(C)[C@@H](O)[C@H](O)[C@]5(COC(=O)CCCCC)[C@H](O)C[C@]43C)[C@@]2(C)CC[C@@H]1O. The third-order valence-corrected chi connectivity index (χ3v) is 32.5. The minimum Gasteiger partial charge on any atom is -0.465 e. The molecule has 8 saturated carbocycles. The molecule has 8 N–H and O–H groups in total. The number of hydrogen-bond donors (Lipinski definition) is 8. The molecule has 100 heavy (non-hydrogen) atoms. The third-order valence-electron chi connectivity index (χ3n) is 32.5. The van der Waals surface area contributed by atoms with Crippen LogP contribution in [0.2, 0.25) is 0 Å². The summed E-state index contributed by atoms with van der Waals surface area (Å²) in [7, 11) is 0. The summed E-state index contributed by atoms with van der Waals surface area (Å²) in [5.74, 6) is -1.31. The van der Waals surface area contributed by atoms with Crippen molar-refractivity contribution in [2.45, 2.75) is 309 Å². The molecule has 10 rings (SSSR count). The molecule has 0 aromatic rings. The molecular formula is C84H136O16. The molecule has 0 saturated heterocycles. The monoisotopic (exact) mass is 1400 g/mol. The van der Waals surface area contributed by atoms with Gasteiger partial charge >= 0.3 is 23.9 Å². The van der Waals surface area contributed by atoms with E-state index in [0.29, 0.717) is 68.9 Å². The number of unbranched alkanes of at least 4 members (excludes halogenated alkanes) is 2. The van der Waals surface area contributed by atoms with E-state index in [4.69, 9.17) is 18.9 Å². The van der Waals surface area contributed by atoms with Crippen molar-refractivity contribution in [2.75, 3.05) is 26.4 Å². The summed E-state index contributed by atoms with van der Waals surface area (Å²) >= 11 is 0. The highest BCUT2D eigenvalue weighted by atomic mass is 16.5. The van der Waals surface area contributed by atoms with Gasteiger partial charge in [-0.1, -0.05) is 153 Å². The number of aliphatic hydroxyl groups excluding tert-OH is 8. The van der Waals surface area contributed by atoms with Gasteiger partial charge in [0.25, 0.3) is 0 Å². The largest absolute Gasteiger partial charge is 0.465 e. The van der Waals surface area contributed by atoms with Gasteiger partial charge in [0.1, 0.15) is 13.2 Å². The molecule has 16 nitrogen and oxygen atoms in total. The van der Waals surface area contributed by atoms with Gasteiger partial charge < -0.3 is 59.8 Å². The second-order valence-electron chi connectivity index (χ2n) is 37.8. The van der Waals surface area contributed by atoms with Gasteiger partial charge in [-0.3, -0.25) is 9.59 Å². The molecule has 0 aliphatic heterocycles. The maximum absolute atomic E-state index is 13.2. The minimum atomic E-state index is -1.26. The number of ether oxygens (including phenoxy) is 4. The zero-order valence-corrected chi connectivity index (χ0v) is 65.1. The van der Waals surface area contributed by atoms with Crippen LogP contribution in [0.25, 0.3) is 0 Å². The van der Waals surface area contributed by atoms with Crippen LogP contribution in [-0.2, 0) is 38.1 Å². The average molecular weight is 1400 g/mol. The molecule has 0 heterocycles. The Bertz CT molecular complexity index is 3090. The van der Waals surface area contributed by atoms with E-state index in [2.05, 4.69) is 86.6 Å². The molecule has 16 heteroatoms. The lowest BCUT2D eigenvalue weighted by molar-refractivity contribution is -0.289. The van der Waals surface area contributed by atoms with E-state index in [1.54, 1.807) is 26.0 Å². The number of carbonyl (C=O) groups is 4. The predicted molar refractivity (Wildman–Crippen MR) is 387 cm³/mol. The van der Waals surface area contributed by atoms with Crippen molar-refractivity contribution in [1.82, 2.24) is 0 Å². The maximum atomic E-state index is 13.2. The second kappa shape index (κ2) is 29.0. The van der Waals surface area contributed by atoms with Crippen LogP contribution in [0.1, 0.15) is 260 Å². The topological polar surface area (TPSA) is 267 Å². The summed E-state index contributed by atoms with van der Waals surface area (Å²) in [6, 6.07) is 0. The molecular weight excluding hydrogens is 1260 g/mol. The average Bonchev–Trinajstić information content (AvgIpc) is 1.14. The van der Waals surface area contributed by atoms with Crippen LogP contribution >= 0.6 is 0 Å². The summed E-state index contributed by atoms with van der Waals surface area (Å²) in [6.07, 6.45) is 19.6. The molecule has 10 aliphatic carbocycles. The van der Waals surface area contributed by atoms with E-state index in [9.17, 15) is 60.0 Å². The van der Waals surface area contributed by atoms with Crippen LogP contribution in [0.3, 0.4) is 0 Å². The molecule has 8 unspecified atom stereocenters. The Morgan fingerprint density at radius 1 is 0.460 bits per heavy atom. The fourth-order valence-corrected chi connectivity index (χ4v) is 25.2. The molecule has 0 aromatic heterocycles. The number of esters is 4. The molecule has 0 amide bonds. The number of rotatable bonds is 17. The van der Waals surface area contributed by atoms with E-state index in [0.717, 1.165) is 70.6 Å². The first-order chi connectivity index (χ1) is 46.5. The van der Waals surface area contributed by atoms with Crippen molar-refractivity contribution < 1.29 is 79.0 Å². The molecule has 0 spiro atoms. The zero-order chi connectivity index (χ0) is 74.3. The lowest BCUT2D eigenvalue weighted by Gasteiger charge is -2.71. The molecule has 0 aromatic carbocycles. The first-order valence-electron chi connectivity index (χ1n) is 39.2. The van der Waals surface area contributed by atoms with Crippen molar-refractivity contribution in [3.05, 3.63) is 47.6 Å². The number of fused-ring (bicyclic) bond motifs is 14. The summed E-state index contributed by atoms with van der Waals surface area (Å²) in [6.45, 7) is 39.8. The predicted octanol–water partition coefficient (Wildman–Crippen LogP) is 13.7. The van der Waals surface area contributed by atoms with Gasteiger partial charge in [-0.15, -0.1) is 0 Å². The first-order valence-corrected chi connectivity index (χ1v) is 39.2. The van der Waals surface area contributed by atoms with Crippen LogP contribution < -0.4 is 0 Å². The van der Waals surface area contributed by atoms with Crippen LogP contribution in [0.4, 0.5) is 0 Å². The summed E-state index contributed by atoms with van der Waals surface area (Å²) < 4.78 is 23.8. The van der Waals surface area contributed by atoms with Crippen LogP contribution in [0, 0.1) is 118 Å². The molecule has 8 fully saturated rings. The van der Waals surface area contributed by atoms with E-state index < -0.39 is 81.3 Å². The summed E-state index contributed by atoms with van der Waals surface area (Å²) in [5, 5.41) is 95.2. The lowest BCUT2D eigenvalue weighted by atomic mass is 9.34. The second-order valence-corrected chi connectivity index (χ2v) is 37.8. The van der Waals surface area contributed by atoms with Gasteiger partial charge in [-0.05, 0) is 228 Å². The Morgan fingerprint density at radius 3 is 1.22 bits per heavy atom. The zero-order valence-electron chi connectivity index (χ0n) is 65.1. The number of carbonyl (C=O) groups excluding carboxylic acids is 4. The van der Waals surface area contributed by atoms with Gasteiger partial charge in [-0.25, -0.2) is 9.59 Å². The van der Waals surface area contributed by atoms with E-state index in [1.165, 1.54) is 0 Å². The van der Waals surface area contributed by atoms with E-state index in [1.807, 2.05) is 55.4 Å². The summed E-state index contributed by atoms with van der Waals surface area (Å²) in [5.41, 5.74) is -5.13. The highest BCUT2D eigenvalue weighted by molar-refractivity contribution is 5.88. The van der Waals surface area contributed by atoms with Crippen LogP contribution in [0.15, 0.2) is 47.6 Å². The Morgan fingerprint density at radius 2 is 0.850 bits per heavy atom. The molecule has 26 atom stereocenters. The highest BCUT2D eigenvalue weighted by Gasteiger charge is 2.76. The Kier molecular flexibility index (Phi) is 23.4. The minimum absolute atomic E-state index is 0.0217. The lowest BCUT2D eigenvalue weighted by Crippen LogP contribution is -2.72. The fraction of sp³-hybridized carbons (Fsp3) is 0.857. The van der Waals surface area contributed by atoms with Crippen molar-refractivity contribution >= 4 is 23.9 Å². The molecule has 568 valence electrons. The van der Waals surface area contributed by atoms with E-state index in [-0.39, 0.29) is 136 Å². The quantitative estimate of drug-likeness (QED) is 0.0221. The van der Waals surface area contributed by atoms with Crippen molar-refractivity contribution in [1.29, 1.82) is 0 Å². The Labute approximate surface area is 601 Å². The molecule has 0 bridgehead atoms.